The van der Waals surface area contributed by atoms with E-state index in [0.717, 1.165) is 32.5 Å². The molecule has 0 aromatic heterocycles. The number of nitrogens with zero attached hydrogens (tertiary/aromatic N) is 1. The number of β-amino-alcohol motifs (C(OH)–C–C–N with tert-alkyl or cyclic N) is 1. The van der Waals surface area contributed by atoms with Crippen molar-refractivity contribution >= 4 is 0 Å². The van der Waals surface area contributed by atoms with Gasteiger partial charge in [0.2, 0.25) is 0 Å². The molecule has 1 heterocycles. The Morgan fingerprint density at radius 2 is 1.92 bits per heavy atom. The van der Waals surface area contributed by atoms with Gasteiger partial charge in [-0.25, -0.2) is 0 Å². The van der Waals surface area contributed by atoms with E-state index in [1.807, 2.05) is 6.92 Å². The van der Waals surface area contributed by atoms with Gasteiger partial charge in [-0.2, -0.15) is 0 Å². The van der Waals surface area contributed by atoms with Crippen molar-refractivity contribution in [1.82, 2.24) is 4.90 Å². The highest BCUT2D eigenvalue weighted by atomic mass is 16.3. The van der Waals surface area contributed by atoms with E-state index in [1.165, 1.54) is 0 Å². The summed E-state index contributed by atoms with van der Waals surface area (Å²) in [7, 11) is 0. The summed E-state index contributed by atoms with van der Waals surface area (Å²) in [6.07, 6.45) is 1.97. The van der Waals surface area contributed by atoms with Gasteiger partial charge < -0.3 is 5.11 Å². The third kappa shape index (κ3) is 3.28. The zero-order chi connectivity index (χ0) is 10.1. The number of hydrogen-bond donors (Lipinski definition) is 1. The van der Waals surface area contributed by atoms with Crippen LogP contribution in [0.4, 0.5) is 0 Å². The molecule has 2 nitrogen and oxygen atoms in total. The van der Waals surface area contributed by atoms with E-state index < -0.39 is 5.60 Å². The smallest absolute Gasteiger partial charge is 0.0746 e. The molecule has 1 fully saturated rings. The maximum Gasteiger partial charge on any atom is 0.0746 e. The lowest BCUT2D eigenvalue weighted by Gasteiger charge is -2.48. The van der Waals surface area contributed by atoms with Gasteiger partial charge in [-0.3, -0.25) is 4.90 Å². The Balaban J connectivity index is 2.26. The second-order valence-electron chi connectivity index (χ2n) is 5.56. The first-order valence-corrected chi connectivity index (χ1v) is 5.29. The fourth-order valence-corrected chi connectivity index (χ4v) is 2.38. The summed E-state index contributed by atoms with van der Waals surface area (Å²) < 4.78 is 0. The summed E-state index contributed by atoms with van der Waals surface area (Å²) in [5, 5.41) is 9.98. The van der Waals surface area contributed by atoms with Crippen molar-refractivity contribution in [3.05, 3.63) is 0 Å². The number of hydrogen-bond acceptors (Lipinski definition) is 2. The van der Waals surface area contributed by atoms with Gasteiger partial charge in [-0.05, 0) is 18.8 Å². The molecular weight excluding hydrogens is 162 g/mol. The first kappa shape index (κ1) is 11.0. The minimum Gasteiger partial charge on any atom is -0.389 e. The zero-order valence-electron chi connectivity index (χ0n) is 9.43. The van der Waals surface area contributed by atoms with Crippen molar-refractivity contribution in [2.24, 2.45) is 5.41 Å². The topological polar surface area (TPSA) is 23.5 Å². The van der Waals surface area contributed by atoms with Gasteiger partial charge in [0.25, 0.3) is 0 Å². The summed E-state index contributed by atoms with van der Waals surface area (Å²) in [6.45, 7) is 11.7. The number of aliphatic hydroxyl groups is 1. The molecule has 1 unspecified atom stereocenters. The SMILES string of the molecule is CCCC(C)(O)CN1CC(C)(C)C1. The predicted molar refractivity (Wildman–Crippen MR) is 55.8 cm³/mol. The average molecular weight is 185 g/mol. The third-order valence-corrected chi connectivity index (χ3v) is 2.66. The molecule has 1 atom stereocenters. The first-order chi connectivity index (χ1) is 5.85. The Morgan fingerprint density at radius 1 is 1.38 bits per heavy atom. The summed E-state index contributed by atoms with van der Waals surface area (Å²) in [5.74, 6) is 0. The van der Waals surface area contributed by atoms with Gasteiger partial charge in [-0.15, -0.1) is 0 Å². The van der Waals surface area contributed by atoms with Crippen molar-refractivity contribution in [2.75, 3.05) is 19.6 Å². The van der Waals surface area contributed by atoms with Crippen LogP contribution in [0, 0.1) is 5.41 Å². The van der Waals surface area contributed by atoms with Crippen molar-refractivity contribution < 1.29 is 5.11 Å². The molecule has 2 heteroatoms. The zero-order valence-corrected chi connectivity index (χ0v) is 9.43. The van der Waals surface area contributed by atoms with E-state index in [1.54, 1.807) is 0 Å². The van der Waals surface area contributed by atoms with E-state index in [4.69, 9.17) is 0 Å². The van der Waals surface area contributed by atoms with Crippen molar-refractivity contribution in [3.63, 3.8) is 0 Å². The standard InChI is InChI=1S/C11H23NO/c1-5-6-11(4,13)9-12-7-10(2,3)8-12/h13H,5-9H2,1-4H3. The molecule has 0 saturated carbocycles. The van der Waals surface area contributed by atoms with Gasteiger partial charge in [-0.1, -0.05) is 27.2 Å². The van der Waals surface area contributed by atoms with Gasteiger partial charge >= 0.3 is 0 Å². The molecule has 1 N–H and O–H groups in total. The average Bonchev–Trinajstić information content (AvgIpc) is 1.80. The minimum absolute atomic E-state index is 0.474. The van der Waals surface area contributed by atoms with Crippen LogP contribution in [0.25, 0.3) is 0 Å². The van der Waals surface area contributed by atoms with Crippen LogP contribution in [0.1, 0.15) is 40.5 Å². The minimum atomic E-state index is -0.481. The van der Waals surface area contributed by atoms with Crippen molar-refractivity contribution in [1.29, 1.82) is 0 Å². The highest BCUT2D eigenvalue weighted by Crippen LogP contribution is 2.30. The Hall–Kier alpha value is -0.0800. The third-order valence-electron chi connectivity index (χ3n) is 2.66. The van der Waals surface area contributed by atoms with Crippen LogP contribution in [-0.2, 0) is 0 Å². The molecule has 1 saturated heterocycles. The number of likely N-dealkylation sites (tertiary alicyclic amines) is 1. The lowest BCUT2D eigenvalue weighted by atomic mass is 9.83. The normalized spacial score (nSPS) is 26.5. The maximum absolute atomic E-state index is 9.98. The second-order valence-corrected chi connectivity index (χ2v) is 5.56. The Labute approximate surface area is 81.9 Å². The quantitative estimate of drug-likeness (QED) is 0.723. The summed E-state index contributed by atoms with van der Waals surface area (Å²) >= 11 is 0. The molecule has 78 valence electrons. The monoisotopic (exact) mass is 185 g/mol. The van der Waals surface area contributed by atoms with Gasteiger partial charge in [0.1, 0.15) is 0 Å². The first-order valence-electron chi connectivity index (χ1n) is 5.29. The largest absolute Gasteiger partial charge is 0.389 e. The van der Waals surface area contributed by atoms with E-state index >= 15 is 0 Å². The molecule has 0 spiro atoms. The molecule has 0 aliphatic carbocycles. The van der Waals surface area contributed by atoms with Crippen LogP contribution in [0.3, 0.4) is 0 Å². The molecule has 0 aromatic carbocycles. The van der Waals surface area contributed by atoms with Crippen molar-refractivity contribution in [2.45, 2.75) is 46.1 Å². The molecule has 0 radical (unpaired) electrons. The lowest BCUT2D eigenvalue weighted by molar-refractivity contribution is -0.0500. The van der Waals surface area contributed by atoms with Gasteiger partial charge in [0, 0.05) is 19.6 Å². The molecule has 0 bridgehead atoms. The molecule has 1 rings (SSSR count). The summed E-state index contributed by atoms with van der Waals surface area (Å²) in [4.78, 5) is 2.34. The van der Waals surface area contributed by atoms with Gasteiger partial charge in [0.05, 0.1) is 5.60 Å². The summed E-state index contributed by atoms with van der Waals surface area (Å²) in [6, 6.07) is 0. The van der Waals surface area contributed by atoms with E-state index in [0.29, 0.717) is 5.41 Å². The Kier molecular flexibility index (Phi) is 3.03. The van der Waals surface area contributed by atoms with Crippen LogP contribution in [0.2, 0.25) is 0 Å². The highest BCUT2D eigenvalue weighted by Gasteiger charge is 2.37. The van der Waals surface area contributed by atoms with E-state index in [9.17, 15) is 5.11 Å². The summed E-state index contributed by atoms with van der Waals surface area (Å²) in [5.41, 5.74) is -0.00640. The van der Waals surface area contributed by atoms with E-state index in [2.05, 4.69) is 25.7 Å². The molecule has 0 aromatic rings. The molecule has 0 amide bonds. The molecule has 1 aliphatic heterocycles. The Bertz CT molecular complexity index is 167. The second kappa shape index (κ2) is 3.58. The van der Waals surface area contributed by atoms with Crippen LogP contribution >= 0.6 is 0 Å². The van der Waals surface area contributed by atoms with Crippen LogP contribution < -0.4 is 0 Å². The molecule has 13 heavy (non-hydrogen) atoms. The highest BCUT2D eigenvalue weighted by molar-refractivity contribution is 4.91. The molecule has 1 aliphatic rings. The predicted octanol–water partition coefficient (Wildman–Crippen LogP) is 1.88. The fourth-order valence-electron chi connectivity index (χ4n) is 2.38. The lowest BCUT2D eigenvalue weighted by Crippen LogP contribution is -2.57. The maximum atomic E-state index is 9.98. The van der Waals surface area contributed by atoms with E-state index in [-0.39, 0.29) is 0 Å². The Morgan fingerprint density at radius 3 is 2.31 bits per heavy atom. The molecular formula is C11H23NO. The fraction of sp³-hybridized carbons (Fsp3) is 1.00. The van der Waals surface area contributed by atoms with Crippen LogP contribution in [0.15, 0.2) is 0 Å². The van der Waals surface area contributed by atoms with Gasteiger partial charge in [0.15, 0.2) is 0 Å². The number of rotatable bonds is 4. The van der Waals surface area contributed by atoms with Crippen molar-refractivity contribution in [3.8, 4) is 0 Å². The van der Waals surface area contributed by atoms with Crippen LogP contribution in [0.5, 0.6) is 0 Å². The van der Waals surface area contributed by atoms with Crippen LogP contribution in [-0.4, -0.2) is 35.2 Å².